The van der Waals surface area contributed by atoms with Gasteiger partial charge in [0.05, 0.1) is 28.9 Å². The van der Waals surface area contributed by atoms with Crippen LogP contribution in [0.2, 0.25) is 0 Å². The summed E-state index contributed by atoms with van der Waals surface area (Å²) < 4.78 is 2.75. The molecule has 4 aromatic carbocycles. The third-order valence-corrected chi connectivity index (χ3v) is 19.4. The van der Waals surface area contributed by atoms with E-state index in [2.05, 4.69) is 113 Å². The van der Waals surface area contributed by atoms with Gasteiger partial charge in [0.25, 0.3) is 0 Å². The summed E-state index contributed by atoms with van der Waals surface area (Å²) in [7, 11) is 0. The molecule has 8 aliphatic carbocycles. The van der Waals surface area contributed by atoms with Gasteiger partial charge in [0.1, 0.15) is 0 Å². The SMILES string of the molecule is Cc1cccc(C)c1-c1c(-c2c(C)cccc2C)c2c3c4c(ncc3n3c5cnc6c(c5c(c1-c1c(C)cccc1C)c23)C1CC2CC3CC6CC32C1)C1CC2CC(C1)CC4C2. The number of rotatable bonds is 3. The van der Waals surface area contributed by atoms with E-state index in [0.717, 1.165) is 23.7 Å². The van der Waals surface area contributed by atoms with Crippen molar-refractivity contribution in [2.75, 3.05) is 0 Å². The molecule has 0 radical (unpaired) electrons. The summed E-state index contributed by atoms with van der Waals surface area (Å²) in [6.45, 7) is 14.3. The van der Waals surface area contributed by atoms with Crippen molar-refractivity contribution in [3.8, 4) is 33.4 Å². The van der Waals surface area contributed by atoms with Crippen LogP contribution in [0.15, 0.2) is 67.0 Å². The first-order valence-electron chi connectivity index (χ1n) is 24.5. The molecule has 1 spiro atoms. The average Bonchev–Trinajstić information content (AvgIpc) is 3.88. The van der Waals surface area contributed by atoms with E-state index in [0.29, 0.717) is 29.1 Å². The summed E-state index contributed by atoms with van der Waals surface area (Å²) in [5.74, 6) is 5.76. The molecule has 308 valence electrons. The molecule has 0 amide bonds. The zero-order valence-corrected chi connectivity index (χ0v) is 37.4. The minimum atomic E-state index is 0.559. The highest BCUT2D eigenvalue weighted by Crippen LogP contribution is 2.76. The molecule has 7 bridgehead atoms. The quantitative estimate of drug-likeness (QED) is 0.178. The number of pyridine rings is 2. The van der Waals surface area contributed by atoms with Gasteiger partial charge in [0.2, 0.25) is 0 Å². The Morgan fingerprint density at radius 2 is 0.871 bits per heavy atom. The van der Waals surface area contributed by atoms with Gasteiger partial charge >= 0.3 is 0 Å². The molecule has 62 heavy (non-hydrogen) atoms. The molecule has 0 aliphatic heterocycles. The van der Waals surface area contributed by atoms with Crippen molar-refractivity contribution in [3.05, 3.63) is 123 Å². The summed E-state index contributed by atoms with van der Waals surface area (Å²) >= 11 is 0. The summed E-state index contributed by atoms with van der Waals surface area (Å²) in [4.78, 5) is 11.4. The summed E-state index contributed by atoms with van der Waals surface area (Å²) in [5.41, 5.74) is 27.5. The first kappa shape index (κ1) is 35.4. The van der Waals surface area contributed by atoms with E-state index < -0.39 is 0 Å². The van der Waals surface area contributed by atoms with E-state index in [1.807, 2.05) is 0 Å². The third kappa shape index (κ3) is 4.13. The highest BCUT2D eigenvalue weighted by Gasteiger charge is 2.66. The summed E-state index contributed by atoms with van der Waals surface area (Å²) in [6.07, 6.45) is 18.3. The Morgan fingerprint density at radius 3 is 1.40 bits per heavy atom. The predicted molar refractivity (Wildman–Crippen MR) is 255 cm³/mol. The van der Waals surface area contributed by atoms with E-state index in [1.54, 1.807) is 11.1 Å². The molecular formula is C59H57N3. The maximum absolute atomic E-state index is 5.74. The van der Waals surface area contributed by atoms with Crippen LogP contribution >= 0.6 is 0 Å². The number of hydrogen-bond acceptors (Lipinski definition) is 2. The van der Waals surface area contributed by atoms with Crippen LogP contribution in [0.25, 0.3) is 71.5 Å². The number of hydrogen-bond donors (Lipinski definition) is 0. The van der Waals surface area contributed by atoms with Crippen LogP contribution in [0.5, 0.6) is 0 Å². The van der Waals surface area contributed by atoms with E-state index in [4.69, 9.17) is 9.97 Å². The fourth-order valence-corrected chi connectivity index (χ4v) is 17.5. The molecule has 3 heteroatoms. The molecule has 7 atom stereocenters. The largest absolute Gasteiger partial charge is 0.305 e. The van der Waals surface area contributed by atoms with Crippen LogP contribution in [0.4, 0.5) is 0 Å². The van der Waals surface area contributed by atoms with Gasteiger partial charge in [-0.25, -0.2) is 0 Å². The summed E-state index contributed by atoms with van der Waals surface area (Å²) in [6, 6.07) is 21.1. The third-order valence-electron chi connectivity index (χ3n) is 19.4. The van der Waals surface area contributed by atoms with Gasteiger partial charge in [-0.1, -0.05) is 54.6 Å². The number of fused-ring (bicyclic) bond motifs is 12. The van der Waals surface area contributed by atoms with Crippen LogP contribution in [-0.2, 0) is 0 Å². The van der Waals surface area contributed by atoms with Crippen molar-refractivity contribution in [2.45, 2.75) is 129 Å². The number of aromatic nitrogens is 3. The molecule has 4 aromatic heterocycles. The van der Waals surface area contributed by atoms with Gasteiger partial charge in [-0.05, 0) is 213 Å². The molecule has 8 aromatic rings. The molecule has 5 fully saturated rings. The van der Waals surface area contributed by atoms with Gasteiger partial charge in [-0.2, -0.15) is 0 Å². The van der Waals surface area contributed by atoms with E-state index >= 15 is 0 Å². The Hall–Kier alpha value is -5.02. The van der Waals surface area contributed by atoms with Crippen LogP contribution in [0.3, 0.4) is 0 Å². The lowest BCUT2D eigenvalue weighted by molar-refractivity contribution is 0.00321. The Morgan fingerprint density at radius 1 is 0.435 bits per heavy atom. The van der Waals surface area contributed by atoms with Crippen LogP contribution in [-0.4, -0.2) is 14.4 Å². The molecule has 4 heterocycles. The first-order chi connectivity index (χ1) is 30.2. The fraction of sp³-hybridized carbons (Fsp3) is 0.424. The number of aryl methyl sites for hydroxylation is 6. The lowest BCUT2D eigenvalue weighted by Crippen LogP contribution is -2.41. The van der Waals surface area contributed by atoms with Crippen LogP contribution in [0.1, 0.15) is 144 Å². The van der Waals surface area contributed by atoms with Crippen LogP contribution < -0.4 is 0 Å². The smallest absolute Gasteiger partial charge is 0.0728 e. The summed E-state index contributed by atoms with van der Waals surface area (Å²) in [5, 5.41) is 6.03. The lowest BCUT2D eigenvalue weighted by Gasteiger charge is -2.48. The second-order valence-electron chi connectivity index (χ2n) is 22.4. The van der Waals surface area contributed by atoms with E-state index in [-0.39, 0.29) is 0 Å². The second-order valence-corrected chi connectivity index (χ2v) is 22.4. The predicted octanol–water partition coefficient (Wildman–Crippen LogP) is 15.3. The van der Waals surface area contributed by atoms with Crippen LogP contribution in [0, 0.1) is 70.6 Å². The highest BCUT2D eigenvalue weighted by molar-refractivity contribution is 6.35. The monoisotopic (exact) mass is 807 g/mol. The second kappa shape index (κ2) is 11.8. The number of nitrogens with zero attached hydrogens (tertiary/aromatic N) is 3. The molecule has 3 nitrogen and oxygen atoms in total. The topological polar surface area (TPSA) is 30.2 Å². The fourth-order valence-electron chi connectivity index (χ4n) is 17.5. The average molecular weight is 808 g/mol. The highest BCUT2D eigenvalue weighted by atomic mass is 15.0. The normalized spacial score (nSPS) is 29.8. The van der Waals surface area contributed by atoms with E-state index in [9.17, 15) is 0 Å². The van der Waals surface area contributed by atoms with Gasteiger partial charge < -0.3 is 4.40 Å². The van der Waals surface area contributed by atoms with Gasteiger partial charge in [-0.3, -0.25) is 9.97 Å². The van der Waals surface area contributed by atoms with Crippen molar-refractivity contribution >= 4 is 38.1 Å². The Bertz CT molecular complexity index is 3270. The lowest BCUT2D eigenvalue weighted by atomic mass is 9.56. The van der Waals surface area contributed by atoms with Crippen molar-refractivity contribution < 1.29 is 0 Å². The standard InChI is InChI=1S/C59H57N3/c1-28-10-7-11-29(2)44(28)51-52(45-30(3)12-8-13-31(45)4)54-49-42(26-60-56-37-19-34-16-35(20-37)18-36(17-34)47(49)56)62-43-27-61-57-39-22-41-23-40-21-38(24-59(40,41)25-39)48(57)50(43)55(58(54)62)53(51)46-32(5)14-9-15-33(46)6/h7-15,26-27,34-41H,16-25H2,1-6H3. The molecule has 0 N–H and O–H groups in total. The molecular weight excluding hydrogens is 751 g/mol. The van der Waals surface area contributed by atoms with Gasteiger partial charge in [0, 0.05) is 55.9 Å². The minimum Gasteiger partial charge on any atom is -0.305 e. The molecule has 5 saturated carbocycles. The maximum Gasteiger partial charge on any atom is 0.0728 e. The Kier molecular flexibility index (Phi) is 6.72. The zero-order valence-electron chi connectivity index (χ0n) is 37.4. The van der Waals surface area contributed by atoms with Gasteiger partial charge in [0.15, 0.2) is 0 Å². The van der Waals surface area contributed by atoms with Crippen molar-refractivity contribution in [3.63, 3.8) is 0 Å². The first-order valence-corrected chi connectivity index (χ1v) is 24.5. The zero-order chi connectivity index (χ0) is 41.2. The maximum atomic E-state index is 5.74. The molecule has 7 unspecified atom stereocenters. The van der Waals surface area contributed by atoms with Crippen molar-refractivity contribution in [1.82, 2.24) is 14.4 Å². The minimum absolute atomic E-state index is 0.559. The van der Waals surface area contributed by atoms with Crippen molar-refractivity contribution in [1.29, 1.82) is 0 Å². The Balaban J connectivity index is 1.26. The molecule has 16 rings (SSSR count). The molecule has 0 saturated heterocycles. The Labute approximate surface area is 365 Å². The molecule has 8 aliphatic rings. The van der Waals surface area contributed by atoms with Gasteiger partial charge in [-0.15, -0.1) is 0 Å². The van der Waals surface area contributed by atoms with E-state index in [1.165, 1.54) is 180 Å². The van der Waals surface area contributed by atoms with Crippen molar-refractivity contribution in [2.24, 2.45) is 29.1 Å². The number of benzene rings is 4.